The van der Waals surface area contributed by atoms with Crippen LogP contribution in [0.2, 0.25) is 0 Å². The molecule has 2 saturated carbocycles. The van der Waals surface area contributed by atoms with Gasteiger partial charge in [-0.15, -0.1) is 0 Å². The average molecular weight is 677 g/mol. The van der Waals surface area contributed by atoms with Crippen molar-refractivity contribution in [3.8, 4) is 0 Å². The topological polar surface area (TPSA) is 187 Å². The first-order valence-electron chi connectivity index (χ1n) is 15.8. The van der Waals surface area contributed by atoms with Gasteiger partial charge in [0.2, 0.25) is 0 Å². The van der Waals surface area contributed by atoms with Gasteiger partial charge in [0.1, 0.15) is 30.3 Å². The Morgan fingerprint density at radius 1 is 0.792 bits per heavy atom. The summed E-state index contributed by atoms with van der Waals surface area (Å²) in [5.74, 6) is -6.78. The van der Waals surface area contributed by atoms with E-state index in [2.05, 4.69) is 0 Å². The number of carbonyl (C=O) groups excluding carboxylic acids is 6. The second-order valence-electron chi connectivity index (χ2n) is 13.7. The lowest BCUT2D eigenvalue weighted by molar-refractivity contribution is -0.363. The van der Waals surface area contributed by atoms with Crippen LogP contribution in [-0.2, 0) is 57.1 Å². The third kappa shape index (κ3) is 6.15. The molecule has 1 aliphatic heterocycles. The van der Waals surface area contributed by atoms with Gasteiger partial charge >= 0.3 is 35.8 Å². The van der Waals surface area contributed by atoms with E-state index < -0.39 is 113 Å². The van der Waals surface area contributed by atoms with Crippen LogP contribution in [0.4, 0.5) is 0 Å². The molecular weight excluding hydrogens is 632 g/mol. The summed E-state index contributed by atoms with van der Waals surface area (Å²) in [5.41, 5.74) is -7.97. The highest BCUT2D eigenvalue weighted by Gasteiger charge is 2.89. The molecule has 9 atom stereocenters. The Bertz CT molecular complexity index is 1450. The molecule has 1 aromatic carbocycles. The molecule has 1 saturated heterocycles. The van der Waals surface area contributed by atoms with Crippen LogP contribution in [0.15, 0.2) is 30.3 Å². The minimum absolute atomic E-state index is 0.0835. The van der Waals surface area contributed by atoms with E-state index in [-0.39, 0.29) is 5.56 Å². The number of rotatable bonds is 9. The van der Waals surface area contributed by atoms with Crippen molar-refractivity contribution < 1.29 is 67.0 Å². The summed E-state index contributed by atoms with van der Waals surface area (Å²) in [6, 6.07) is 7.83. The zero-order valence-corrected chi connectivity index (χ0v) is 28.6. The minimum Gasteiger partial charge on any atom is -0.464 e. The molecule has 2 bridgehead atoms. The van der Waals surface area contributed by atoms with E-state index in [1.54, 1.807) is 45.9 Å². The van der Waals surface area contributed by atoms with Crippen molar-refractivity contribution >= 4 is 35.8 Å². The third-order valence-electron chi connectivity index (χ3n) is 9.42. The predicted octanol–water partition coefficient (Wildman–Crippen LogP) is 2.46. The summed E-state index contributed by atoms with van der Waals surface area (Å²) in [7, 11) is 0. The molecule has 48 heavy (non-hydrogen) atoms. The summed E-state index contributed by atoms with van der Waals surface area (Å²) in [6.45, 7) is 11.4. The molecule has 3 fully saturated rings. The average Bonchev–Trinajstić information content (AvgIpc) is 3.16. The highest BCUT2D eigenvalue weighted by Crippen LogP contribution is 2.69. The highest BCUT2D eigenvalue weighted by molar-refractivity contribution is 5.89. The first-order chi connectivity index (χ1) is 22.2. The van der Waals surface area contributed by atoms with Gasteiger partial charge in [0, 0.05) is 34.1 Å². The normalized spacial score (nSPS) is 34.6. The second-order valence-corrected chi connectivity index (χ2v) is 13.7. The number of carbonyl (C=O) groups is 6. The van der Waals surface area contributed by atoms with Crippen molar-refractivity contribution in [3.63, 3.8) is 0 Å². The molecule has 1 spiro atoms. The Morgan fingerprint density at radius 2 is 1.33 bits per heavy atom. The van der Waals surface area contributed by atoms with Gasteiger partial charge < -0.3 is 38.3 Å². The van der Waals surface area contributed by atoms with Gasteiger partial charge in [-0.1, -0.05) is 32.0 Å². The van der Waals surface area contributed by atoms with Gasteiger partial charge in [0.25, 0.3) is 0 Å². The standard InChI is InChI=1S/C34H44O14/c1-17(2)29(39)42-16-33-26(45-20(5)37)23(43-18(3)35)15-32(9,41)34(33)27(46-21(6)38)24(31(7,8)48-34)25(44-19(4)36)28(33)47-30(40)22-13-11-10-12-14-22/h10-14,17,23-28,41H,15-16H2,1-9H3/t23-,24+,25+,26-,27+,28+,32-,33-,34-/m0/s1. The Balaban J connectivity index is 2.18. The van der Waals surface area contributed by atoms with Crippen molar-refractivity contribution in [1.82, 2.24) is 0 Å². The van der Waals surface area contributed by atoms with Crippen LogP contribution in [0.25, 0.3) is 0 Å². The van der Waals surface area contributed by atoms with E-state index in [1.807, 2.05) is 0 Å². The molecule has 14 nitrogen and oxygen atoms in total. The van der Waals surface area contributed by atoms with Crippen LogP contribution in [0.1, 0.15) is 79.1 Å². The quantitative estimate of drug-likeness (QED) is 0.297. The van der Waals surface area contributed by atoms with E-state index in [0.717, 1.165) is 27.7 Å². The summed E-state index contributed by atoms with van der Waals surface area (Å²) >= 11 is 0. The predicted molar refractivity (Wildman–Crippen MR) is 163 cm³/mol. The van der Waals surface area contributed by atoms with E-state index in [4.69, 9.17) is 33.2 Å². The third-order valence-corrected chi connectivity index (χ3v) is 9.42. The molecule has 264 valence electrons. The summed E-state index contributed by atoms with van der Waals surface area (Å²) in [4.78, 5) is 78.3. The van der Waals surface area contributed by atoms with Crippen molar-refractivity contribution in [3.05, 3.63) is 35.9 Å². The van der Waals surface area contributed by atoms with Crippen LogP contribution >= 0.6 is 0 Å². The maximum Gasteiger partial charge on any atom is 0.338 e. The van der Waals surface area contributed by atoms with E-state index in [1.165, 1.54) is 19.1 Å². The van der Waals surface area contributed by atoms with E-state index in [0.29, 0.717) is 0 Å². The smallest absolute Gasteiger partial charge is 0.338 e. The monoisotopic (exact) mass is 676 g/mol. The number of esters is 6. The Kier molecular flexibility index (Phi) is 10.0. The highest BCUT2D eigenvalue weighted by atomic mass is 16.7. The van der Waals surface area contributed by atoms with Gasteiger partial charge in [0.05, 0.1) is 28.6 Å². The fourth-order valence-electron chi connectivity index (χ4n) is 7.95. The molecular formula is C34H44O14. The molecule has 0 amide bonds. The molecule has 1 N–H and O–H groups in total. The number of fused-ring (bicyclic) bond motifs is 1. The molecule has 1 heterocycles. The Morgan fingerprint density at radius 3 is 1.85 bits per heavy atom. The fraction of sp³-hybridized carbons (Fsp3) is 0.647. The van der Waals surface area contributed by atoms with Crippen LogP contribution in [0.3, 0.4) is 0 Å². The van der Waals surface area contributed by atoms with Crippen molar-refractivity contribution in [2.24, 2.45) is 17.3 Å². The first kappa shape index (κ1) is 36.8. The number of ether oxygens (including phenoxy) is 7. The fourth-order valence-corrected chi connectivity index (χ4v) is 7.95. The van der Waals surface area contributed by atoms with Gasteiger partial charge in [-0.3, -0.25) is 24.0 Å². The SMILES string of the molecule is CC(=O)O[C@@H]1[C@@H]2[C@@H](OC(C)=O)[C@@]3(OC2(C)C)[C@](COC(=O)C(C)C)([C@@H]1OC(=O)c1ccccc1)[C@@H](OC(C)=O)[C@@H](OC(C)=O)C[C@]3(C)O. The molecule has 0 aromatic heterocycles. The van der Waals surface area contributed by atoms with Crippen LogP contribution < -0.4 is 0 Å². The van der Waals surface area contributed by atoms with Crippen LogP contribution in [0, 0.1) is 17.3 Å². The van der Waals surface area contributed by atoms with Gasteiger partial charge in [-0.2, -0.15) is 0 Å². The molecule has 3 aliphatic rings. The largest absolute Gasteiger partial charge is 0.464 e. The van der Waals surface area contributed by atoms with Gasteiger partial charge in [-0.05, 0) is 32.9 Å². The summed E-state index contributed by atoms with van der Waals surface area (Å²) < 4.78 is 42.5. The lowest BCUT2D eigenvalue weighted by Gasteiger charge is -2.66. The summed E-state index contributed by atoms with van der Waals surface area (Å²) in [5, 5.41) is 12.6. The zero-order valence-electron chi connectivity index (χ0n) is 28.6. The number of aliphatic hydroxyl groups is 1. The number of benzene rings is 1. The van der Waals surface area contributed by atoms with Crippen molar-refractivity contribution in [1.29, 1.82) is 0 Å². The number of hydrogen-bond donors (Lipinski definition) is 1. The van der Waals surface area contributed by atoms with E-state index >= 15 is 0 Å². The van der Waals surface area contributed by atoms with Crippen molar-refractivity contribution in [2.45, 2.75) is 116 Å². The zero-order chi connectivity index (χ0) is 36.0. The first-order valence-corrected chi connectivity index (χ1v) is 15.8. The lowest BCUT2D eigenvalue weighted by atomic mass is 9.45. The maximum absolute atomic E-state index is 14.0. The van der Waals surface area contributed by atoms with Crippen LogP contribution in [-0.4, -0.2) is 94.9 Å². The van der Waals surface area contributed by atoms with E-state index in [9.17, 15) is 33.9 Å². The Hall–Kier alpha value is -4.04. The molecule has 14 heteroatoms. The molecule has 2 aliphatic carbocycles. The molecule has 4 rings (SSSR count). The van der Waals surface area contributed by atoms with Gasteiger partial charge in [0.15, 0.2) is 17.8 Å². The summed E-state index contributed by atoms with van der Waals surface area (Å²) in [6.07, 6.45) is -8.32. The minimum atomic E-state index is -2.26. The molecule has 1 aromatic rings. The Labute approximate surface area is 278 Å². The van der Waals surface area contributed by atoms with Crippen LogP contribution in [0.5, 0.6) is 0 Å². The second kappa shape index (κ2) is 13.1. The molecule has 0 unspecified atom stereocenters. The maximum atomic E-state index is 14.0. The van der Waals surface area contributed by atoms with Gasteiger partial charge in [-0.25, -0.2) is 4.79 Å². The van der Waals surface area contributed by atoms with Crippen molar-refractivity contribution in [2.75, 3.05) is 6.61 Å². The lowest BCUT2D eigenvalue weighted by Crippen LogP contribution is -2.85. The molecule has 0 radical (unpaired) electrons. The number of hydrogen-bond acceptors (Lipinski definition) is 14.